The van der Waals surface area contributed by atoms with Crippen molar-refractivity contribution < 1.29 is 13.9 Å². The second kappa shape index (κ2) is 12.3. The van der Waals surface area contributed by atoms with Crippen LogP contribution < -0.4 is 10.6 Å². The van der Waals surface area contributed by atoms with Crippen molar-refractivity contribution in [2.75, 3.05) is 72.7 Å². The van der Waals surface area contributed by atoms with Gasteiger partial charge < -0.3 is 20.1 Å². The van der Waals surface area contributed by atoms with Crippen LogP contribution in [0.2, 0.25) is 0 Å². The highest BCUT2D eigenvalue weighted by atomic mass is 19.1. The maximum Gasteiger partial charge on any atom is 0.191 e. The maximum absolute atomic E-state index is 13.4. The molecule has 2 saturated heterocycles. The molecule has 2 heterocycles. The zero-order chi connectivity index (χ0) is 22.1. The van der Waals surface area contributed by atoms with Gasteiger partial charge in [0.25, 0.3) is 0 Å². The van der Waals surface area contributed by atoms with Gasteiger partial charge in [-0.2, -0.15) is 0 Å². The number of benzene rings is 1. The SMILES string of the molecule is CN=C(NCC1CN(CC(C)C)CCO1)NCC(c1ccc(F)cc1)N1CCOCC1. The van der Waals surface area contributed by atoms with Crippen LogP contribution in [0.5, 0.6) is 0 Å². The fraction of sp³-hybridized carbons (Fsp3) is 0.696. The zero-order valence-electron chi connectivity index (χ0n) is 19.1. The molecule has 1 aromatic rings. The van der Waals surface area contributed by atoms with Crippen molar-refractivity contribution in [2.45, 2.75) is 26.0 Å². The van der Waals surface area contributed by atoms with Crippen molar-refractivity contribution in [1.82, 2.24) is 20.4 Å². The number of hydrogen-bond donors (Lipinski definition) is 2. The molecule has 31 heavy (non-hydrogen) atoms. The van der Waals surface area contributed by atoms with E-state index in [4.69, 9.17) is 9.47 Å². The smallest absolute Gasteiger partial charge is 0.191 e. The van der Waals surface area contributed by atoms with Gasteiger partial charge in [-0.1, -0.05) is 26.0 Å². The highest BCUT2D eigenvalue weighted by molar-refractivity contribution is 5.79. The number of guanidine groups is 1. The van der Waals surface area contributed by atoms with E-state index >= 15 is 0 Å². The standard InChI is InChI=1S/C23H38FN5O2/c1-18(2)16-28-8-13-31-21(17-28)14-26-23(25-3)27-15-22(29-9-11-30-12-10-29)19-4-6-20(24)7-5-19/h4-7,18,21-22H,8-17H2,1-3H3,(H2,25,26,27). The molecular weight excluding hydrogens is 397 g/mol. The van der Waals surface area contributed by atoms with Gasteiger partial charge in [-0.15, -0.1) is 0 Å². The highest BCUT2D eigenvalue weighted by Gasteiger charge is 2.24. The van der Waals surface area contributed by atoms with Crippen molar-refractivity contribution in [3.8, 4) is 0 Å². The molecule has 0 saturated carbocycles. The molecule has 2 atom stereocenters. The number of aliphatic imine (C=N–C) groups is 1. The van der Waals surface area contributed by atoms with Crippen LogP contribution >= 0.6 is 0 Å². The fourth-order valence-corrected chi connectivity index (χ4v) is 4.24. The van der Waals surface area contributed by atoms with Crippen LogP contribution in [0.4, 0.5) is 4.39 Å². The Bertz CT molecular complexity index is 679. The van der Waals surface area contributed by atoms with E-state index in [0.717, 1.165) is 64.1 Å². The van der Waals surface area contributed by atoms with E-state index in [-0.39, 0.29) is 18.0 Å². The predicted molar refractivity (Wildman–Crippen MR) is 122 cm³/mol. The molecule has 7 nitrogen and oxygen atoms in total. The lowest BCUT2D eigenvalue weighted by atomic mass is 10.0. The van der Waals surface area contributed by atoms with Crippen molar-refractivity contribution >= 4 is 5.96 Å². The minimum Gasteiger partial charge on any atom is -0.379 e. The highest BCUT2D eigenvalue weighted by Crippen LogP contribution is 2.21. The van der Waals surface area contributed by atoms with Gasteiger partial charge in [0.2, 0.25) is 0 Å². The minimum absolute atomic E-state index is 0.121. The van der Waals surface area contributed by atoms with Crippen LogP contribution in [-0.4, -0.2) is 94.5 Å². The van der Waals surface area contributed by atoms with Crippen molar-refractivity contribution in [3.63, 3.8) is 0 Å². The number of rotatable bonds is 8. The van der Waals surface area contributed by atoms with Gasteiger partial charge in [-0.25, -0.2) is 4.39 Å². The Labute approximate surface area is 186 Å². The van der Waals surface area contributed by atoms with Crippen LogP contribution in [0, 0.1) is 11.7 Å². The third kappa shape index (κ3) is 7.71. The molecule has 174 valence electrons. The molecule has 1 aromatic carbocycles. The van der Waals surface area contributed by atoms with Crippen LogP contribution in [0.25, 0.3) is 0 Å². The lowest BCUT2D eigenvalue weighted by Crippen LogP contribution is -2.51. The van der Waals surface area contributed by atoms with Gasteiger partial charge in [0, 0.05) is 52.9 Å². The van der Waals surface area contributed by atoms with Gasteiger partial charge in [0.05, 0.1) is 32.0 Å². The van der Waals surface area contributed by atoms with Gasteiger partial charge >= 0.3 is 0 Å². The third-order valence-corrected chi connectivity index (χ3v) is 5.77. The lowest BCUT2D eigenvalue weighted by Gasteiger charge is -2.35. The van der Waals surface area contributed by atoms with E-state index in [1.807, 2.05) is 12.1 Å². The molecule has 0 aliphatic carbocycles. The van der Waals surface area contributed by atoms with Crippen molar-refractivity contribution in [2.24, 2.45) is 10.9 Å². The predicted octanol–water partition coefficient (Wildman–Crippen LogP) is 1.72. The first-order valence-corrected chi connectivity index (χ1v) is 11.4. The molecule has 0 amide bonds. The van der Waals surface area contributed by atoms with E-state index in [1.165, 1.54) is 12.1 Å². The molecular formula is C23H38FN5O2. The summed E-state index contributed by atoms with van der Waals surface area (Å²) in [5, 5.41) is 6.87. The van der Waals surface area contributed by atoms with Crippen molar-refractivity contribution in [1.29, 1.82) is 0 Å². The average molecular weight is 436 g/mol. The Morgan fingerprint density at radius 1 is 1.13 bits per heavy atom. The molecule has 3 rings (SSSR count). The van der Waals surface area contributed by atoms with Gasteiger partial charge in [0.15, 0.2) is 5.96 Å². The van der Waals surface area contributed by atoms with E-state index in [0.29, 0.717) is 19.0 Å². The molecule has 2 fully saturated rings. The fourth-order valence-electron chi connectivity index (χ4n) is 4.24. The Kier molecular flexibility index (Phi) is 9.52. The Morgan fingerprint density at radius 2 is 1.87 bits per heavy atom. The molecule has 0 bridgehead atoms. The first kappa shape index (κ1) is 23.9. The Hall–Kier alpha value is -1.74. The third-order valence-electron chi connectivity index (χ3n) is 5.77. The van der Waals surface area contributed by atoms with Gasteiger partial charge in [-0.05, 0) is 23.6 Å². The quantitative estimate of drug-likeness (QED) is 0.479. The molecule has 2 aliphatic heterocycles. The second-order valence-electron chi connectivity index (χ2n) is 8.70. The van der Waals surface area contributed by atoms with E-state index in [1.54, 1.807) is 7.05 Å². The molecule has 8 heteroatoms. The summed E-state index contributed by atoms with van der Waals surface area (Å²) >= 11 is 0. The molecule has 0 spiro atoms. The molecule has 2 unspecified atom stereocenters. The Morgan fingerprint density at radius 3 is 2.55 bits per heavy atom. The zero-order valence-corrected chi connectivity index (χ0v) is 19.1. The summed E-state index contributed by atoms with van der Waals surface area (Å²) in [4.78, 5) is 9.24. The molecule has 2 N–H and O–H groups in total. The average Bonchev–Trinajstić information content (AvgIpc) is 2.77. The number of ether oxygens (including phenoxy) is 2. The largest absolute Gasteiger partial charge is 0.379 e. The first-order chi connectivity index (χ1) is 15.0. The normalized spacial score (nSPS) is 22.5. The number of morpholine rings is 2. The molecule has 2 aliphatic rings. The minimum atomic E-state index is -0.214. The van der Waals surface area contributed by atoms with Crippen LogP contribution in [-0.2, 0) is 9.47 Å². The number of nitrogens with one attached hydrogen (secondary N) is 2. The van der Waals surface area contributed by atoms with Crippen LogP contribution in [0.3, 0.4) is 0 Å². The summed E-state index contributed by atoms with van der Waals surface area (Å²) in [6.07, 6.45) is 0.151. The Balaban J connectivity index is 1.53. The maximum atomic E-state index is 13.4. The van der Waals surface area contributed by atoms with E-state index in [9.17, 15) is 4.39 Å². The number of nitrogens with zero attached hydrogens (tertiary/aromatic N) is 3. The second-order valence-corrected chi connectivity index (χ2v) is 8.70. The topological polar surface area (TPSA) is 61.4 Å². The summed E-state index contributed by atoms with van der Waals surface area (Å²) in [5.41, 5.74) is 1.09. The summed E-state index contributed by atoms with van der Waals surface area (Å²) in [5.74, 6) is 1.20. The van der Waals surface area contributed by atoms with Crippen LogP contribution in [0.15, 0.2) is 29.3 Å². The first-order valence-electron chi connectivity index (χ1n) is 11.4. The summed E-state index contributed by atoms with van der Waals surface area (Å²) in [7, 11) is 1.78. The summed E-state index contributed by atoms with van der Waals surface area (Å²) in [6.45, 7) is 12.9. The van der Waals surface area contributed by atoms with Crippen molar-refractivity contribution in [3.05, 3.63) is 35.6 Å². The number of halogens is 1. The van der Waals surface area contributed by atoms with E-state index < -0.39 is 0 Å². The lowest BCUT2D eigenvalue weighted by molar-refractivity contribution is -0.0284. The van der Waals surface area contributed by atoms with E-state index in [2.05, 4.69) is 39.3 Å². The monoisotopic (exact) mass is 435 g/mol. The van der Waals surface area contributed by atoms with Gasteiger partial charge in [-0.3, -0.25) is 14.8 Å². The van der Waals surface area contributed by atoms with Gasteiger partial charge in [0.1, 0.15) is 5.82 Å². The van der Waals surface area contributed by atoms with Crippen LogP contribution in [0.1, 0.15) is 25.5 Å². The number of hydrogen-bond acceptors (Lipinski definition) is 5. The molecule has 0 radical (unpaired) electrons. The summed E-state index contributed by atoms with van der Waals surface area (Å²) < 4.78 is 24.9. The molecule has 0 aromatic heterocycles. The summed E-state index contributed by atoms with van der Waals surface area (Å²) in [6, 6.07) is 6.91.